The van der Waals surface area contributed by atoms with Gasteiger partial charge in [-0.15, -0.1) is 11.3 Å². The van der Waals surface area contributed by atoms with E-state index < -0.39 is 10.0 Å². The van der Waals surface area contributed by atoms with Gasteiger partial charge in [0.15, 0.2) is 0 Å². The first-order chi connectivity index (χ1) is 9.44. The average Bonchev–Trinajstić information content (AvgIpc) is 2.92. The number of nitrogen functional groups attached to an aromatic ring is 1. The highest BCUT2D eigenvalue weighted by Crippen LogP contribution is 2.27. The quantitative estimate of drug-likeness (QED) is 0.825. The van der Waals surface area contributed by atoms with Crippen molar-refractivity contribution in [2.75, 3.05) is 5.73 Å². The average molecular weight is 332 g/mol. The predicted molar refractivity (Wildman–Crippen MR) is 81.3 cm³/mol. The van der Waals surface area contributed by atoms with Crippen molar-refractivity contribution >= 4 is 38.6 Å². The van der Waals surface area contributed by atoms with Crippen molar-refractivity contribution in [3.8, 4) is 0 Å². The molecule has 1 atom stereocenters. The number of rotatable bonds is 5. The molecule has 108 valence electrons. The third-order valence-corrected chi connectivity index (χ3v) is 5.54. The van der Waals surface area contributed by atoms with Crippen LogP contribution in [0.1, 0.15) is 24.4 Å². The second kappa shape index (κ2) is 6.09. The van der Waals surface area contributed by atoms with Gasteiger partial charge in [0.05, 0.1) is 11.1 Å². The molecule has 0 amide bonds. The van der Waals surface area contributed by atoms with E-state index in [1.54, 1.807) is 17.6 Å². The van der Waals surface area contributed by atoms with Crippen molar-refractivity contribution in [1.82, 2.24) is 9.71 Å². The maximum Gasteiger partial charge on any atom is 0.242 e. The Kier molecular flexibility index (Phi) is 4.64. The molecule has 8 heteroatoms. The zero-order chi connectivity index (χ0) is 14.8. The summed E-state index contributed by atoms with van der Waals surface area (Å²) in [5.74, 6) is 0. The first-order valence-electron chi connectivity index (χ1n) is 5.90. The smallest absolute Gasteiger partial charge is 0.242 e. The molecule has 0 aliphatic rings. The molecule has 1 aromatic carbocycles. The van der Waals surface area contributed by atoms with E-state index in [1.165, 1.54) is 23.5 Å². The van der Waals surface area contributed by atoms with Crippen LogP contribution < -0.4 is 10.5 Å². The monoisotopic (exact) mass is 331 g/mol. The molecule has 0 aliphatic heterocycles. The first-order valence-corrected chi connectivity index (χ1v) is 8.65. The van der Waals surface area contributed by atoms with E-state index in [0.29, 0.717) is 12.1 Å². The van der Waals surface area contributed by atoms with Crippen molar-refractivity contribution in [3.63, 3.8) is 0 Å². The molecule has 0 saturated heterocycles. The largest absolute Gasteiger partial charge is 0.399 e. The molecule has 0 radical (unpaired) electrons. The zero-order valence-electron chi connectivity index (χ0n) is 10.7. The number of aromatic nitrogens is 1. The maximum absolute atomic E-state index is 12.4. The van der Waals surface area contributed by atoms with Crippen LogP contribution in [0, 0.1) is 0 Å². The van der Waals surface area contributed by atoms with Crippen LogP contribution in [0.2, 0.25) is 5.02 Å². The lowest BCUT2D eigenvalue weighted by molar-refractivity contribution is 0.549. The highest BCUT2D eigenvalue weighted by molar-refractivity contribution is 7.89. The van der Waals surface area contributed by atoms with E-state index in [0.717, 1.165) is 5.01 Å². The van der Waals surface area contributed by atoms with Crippen molar-refractivity contribution in [2.45, 2.75) is 24.3 Å². The molecule has 0 aliphatic carbocycles. The number of thiazole rings is 1. The summed E-state index contributed by atoms with van der Waals surface area (Å²) in [7, 11) is -3.75. The number of anilines is 1. The van der Waals surface area contributed by atoms with Gasteiger partial charge in [-0.1, -0.05) is 18.5 Å². The Balaban J connectivity index is 2.33. The molecule has 3 N–H and O–H groups in total. The van der Waals surface area contributed by atoms with Crippen molar-refractivity contribution in [3.05, 3.63) is 39.8 Å². The van der Waals surface area contributed by atoms with Crippen LogP contribution in [0.25, 0.3) is 0 Å². The SMILES string of the molecule is CCC(NS(=O)(=O)c1cc(N)ccc1Cl)c1nccs1. The molecule has 20 heavy (non-hydrogen) atoms. The Morgan fingerprint density at radius 2 is 2.25 bits per heavy atom. The van der Waals surface area contributed by atoms with Gasteiger partial charge in [0.2, 0.25) is 10.0 Å². The minimum absolute atomic E-state index is 0.0193. The predicted octanol–water partition coefficient (Wildman–Crippen LogP) is 2.81. The number of nitrogens with one attached hydrogen (secondary N) is 1. The topological polar surface area (TPSA) is 85.1 Å². The zero-order valence-corrected chi connectivity index (χ0v) is 13.1. The van der Waals surface area contributed by atoms with Crippen LogP contribution in [0.15, 0.2) is 34.7 Å². The minimum atomic E-state index is -3.75. The fourth-order valence-electron chi connectivity index (χ4n) is 1.69. The summed E-state index contributed by atoms with van der Waals surface area (Å²) in [4.78, 5) is 4.12. The van der Waals surface area contributed by atoms with Gasteiger partial charge in [0, 0.05) is 17.3 Å². The van der Waals surface area contributed by atoms with E-state index in [1.807, 2.05) is 6.92 Å². The van der Waals surface area contributed by atoms with Crippen LogP contribution in [0.3, 0.4) is 0 Å². The lowest BCUT2D eigenvalue weighted by atomic mass is 10.3. The fraction of sp³-hybridized carbons (Fsp3) is 0.250. The molecule has 1 heterocycles. The standard InChI is InChI=1S/C12H14ClN3O2S2/c1-2-10(12-15-5-6-19-12)16-20(17,18)11-7-8(14)3-4-9(11)13/h3-7,10,16H,2,14H2,1H3. The molecule has 2 rings (SSSR count). The van der Waals surface area contributed by atoms with Crippen LogP contribution in [0.4, 0.5) is 5.69 Å². The first kappa shape index (κ1) is 15.2. The summed E-state index contributed by atoms with van der Waals surface area (Å²) in [6.07, 6.45) is 2.23. The molecular weight excluding hydrogens is 318 g/mol. The molecular formula is C12H14ClN3O2S2. The van der Waals surface area contributed by atoms with Gasteiger partial charge in [0.1, 0.15) is 9.90 Å². The van der Waals surface area contributed by atoms with E-state index in [2.05, 4.69) is 9.71 Å². The minimum Gasteiger partial charge on any atom is -0.399 e. The van der Waals surface area contributed by atoms with E-state index in [4.69, 9.17) is 17.3 Å². The lowest BCUT2D eigenvalue weighted by Crippen LogP contribution is -2.28. The molecule has 1 unspecified atom stereocenters. The summed E-state index contributed by atoms with van der Waals surface area (Å²) in [5.41, 5.74) is 5.97. The van der Waals surface area contributed by atoms with Crippen molar-refractivity contribution in [2.24, 2.45) is 0 Å². The number of nitrogens with zero attached hydrogens (tertiary/aromatic N) is 1. The number of hydrogen-bond acceptors (Lipinski definition) is 5. The summed E-state index contributed by atoms with van der Waals surface area (Å²) < 4.78 is 27.4. The highest BCUT2D eigenvalue weighted by Gasteiger charge is 2.24. The Morgan fingerprint density at radius 1 is 1.50 bits per heavy atom. The Bertz CT molecular complexity index is 687. The number of sulfonamides is 1. The van der Waals surface area contributed by atoms with Gasteiger partial charge in [-0.05, 0) is 24.6 Å². The summed E-state index contributed by atoms with van der Waals surface area (Å²) in [6.45, 7) is 1.88. The molecule has 0 fully saturated rings. The second-order valence-corrected chi connectivity index (χ2v) is 7.16. The third kappa shape index (κ3) is 3.29. The molecule has 0 spiro atoms. The molecule has 0 saturated carbocycles. The van der Waals surface area contributed by atoms with Gasteiger partial charge < -0.3 is 5.73 Å². The Morgan fingerprint density at radius 3 is 2.85 bits per heavy atom. The number of benzene rings is 1. The normalized spacial score (nSPS) is 13.3. The van der Waals surface area contributed by atoms with Crippen LogP contribution in [0.5, 0.6) is 0 Å². The third-order valence-electron chi connectivity index (χ3n) is 2.70. The van der Waals surface area contributed by atoms with Gasteiger partial charge in [0.25, 0.3) is 0 Å². The van der Waals surface area contributed by atoms with Gasteiger partial charge in [-0.3, -0.25) is 0 Å². The van der Waals surface area contributed by atoms with Gasteiger partial charge >= 0.3 is 0 Å². The van der Waals surface area contributed by atoms with Gasteiger partial charge in [-0.2, -0.15) is 0 Å². The van der Waals surface area contributed by atoms with Crippen molar-refractivity contribution in [1.29, 1.82) is 0 Å². The van der Waals surface area contributed by atoms with E-state index in [9.17, 15) is 8.42 Å². The summed E-state index contributed by atoms with van der Waals surface area (Å²) in [5, 5.41) is 2.66. The Hall–Kier alpha value is -1.15. The van der Waals surface area contributed by atoms with E-state index in [-0.39, 0.29) is 16.0 Å². The Labute approximate surface area is 126 Å². The maximum atomic E-state index is 12.4. The number of nitrogens with two attached hydrogens (primary N) is 1. The molecule has 5 nitrogen and oxygen atoms in total. The second-order valence-electron chi connectivity index (χ2n) is 4.14. The van der Waals surface area contributed by atoms with Crippen LogP contribution >= 0.6 is 22.9 Å². The molecule has 2 aromatic rings. The van der Waals surface area contributed by atoms with Crippen LogP contribution in [-0.2, 0) is 10.0 Å². The molecule has 0 bridgehead atoms. The highest BCUT2D eigenvalue weighted by atomic mass is 35.5. The van der Waals surface area contributed by atoms with Crippen LogP contribution in [-0.4, -0.2) is 13.4 Å². The number of hydrogen-bond donors (Lipinski definition) is 2. The number of halogens is 1. The molecule has 1 aromatic heterocycles. The fourth-order valence-corrected chi connectivity index (χ4v) is 4.36. The van der Waals surface area contributed by atoms with Crippen molar-refractivity contribution < 1.29 is 8.42 Å². The summed E-state index contributed by atoms with van der Waals surface area (Å²) >= 11 is 7.35. The van der Waals surface area contributed by atoms with Gasteiger partial charge in [-0.25, -0.2) is 18.1 Å². The summed E-state index contributed by atoms with van der Waals surface area (Å²) in [6, 6.07) is 3.99. The van der Waals surface area contributed by atoms with E-state index >= 15 is 0 Å². The lowest BCUT2D eigenvalue weighted by Gasteiger charge is -2.15.